The molecular formula is C23H27N5O2. The molecule has 7 nitrogen and oxygen atoms in total. The van der Waals surface area contributed by atoms with Gasteiger partial charge in [-0.2, -0.15) is 5.10 Å². The summed E-state index contributed by atoms with van der Waals surface area (Å²) < 4.78 is 6.64. The van der Waals surface area contributed by atoms with Gasteiger partial charge >= 0.3 is 5.97 Å². The number of hydrogen-bond acceptors (Lipinski definition) is 4. The van der Waals surface area contributed by atoms with Crippen LogP contribution in [0.5, 0.6) is 0 Å². The van der Waals surface area contributed by atoms with Crippen molar-refractivity contribution in [3.05, 3.63) is 89.2 Å². The Hall–Kier alpha value is -3.61. The molecule has 1 aromatic heterocycles. The zero-order valence-corrected chi connectivity index (χ0v) is 17.3. The smallest absolute Gasteiger partial charge is 0.337 e. The Morgan fingerprint density at radius 2 is 1.83 bits per heavy atom. The highest BCUT2D eigenvalue weighted by atomic mass is 16.5. The molecule has 0 saturated heterocycles. The number of nitrogens with one attached hydrogen (secondary N) is 2. The summed E-state index contributed by atoms with van der Waals surface area (Å²) in [6.45, 7) is 4.69. The van der Waals surface area contributed by atoms with Crippen LogP contribution in [0.1, 0.15) is 34.0 Å². The molecule has 0 saturated carbocycles. The number of hydrogen-bond donors (Lipinski definition) is 2. The average molecular weight is 406 g/mol. The normalized spacial score (nSPS) is 11.2. The summed E-state index contributed by atoms with van der Waals surface area (Å²) >= 11 is 0. The van der Waals surface area contributed by atoms with E-state index in [1.54, 1.807) is 18.3 Å². The summed E-state index contributed by atoms with van der Waals surface area (Å²) in [5.41, 5.74) is 3.95. The minimum absolute atomic E-state index is 0.339. The van der Waals surface area contributed by atoms with Crippen molar-refractivity contribution in [3.63, 3.8) is 0 Å². The lowest BCUT2D eigenvalue weighted by Crippen LogP contribution is -2.37. The standard InChI is InChI=1S/C23H27N5O2/c1-3-24-23(25-15-18-9-11-19(12-10-18)22(29)30-2)26-16-20-7-4-5-8-21(20)17-28-14-6-13-27-28/h4-14H,3,15-17H2,1-2H3,(H2,24,25,26). The number of esters is 1. The molecule has 0 fully saturated rings. The summed E-state index contributed by atoms with van der Waals surface area (Å²) in [6.07, 6.45) is 3.75. The van der Waals surface area contributed by atoms with Crippen LogP contribution in [0.3, 0.4) is 0 Å². The first-order valence-corrected chi connectivity index (χ1v) is 9.93. The number of benzene rings is 2. The third-order valence-electron chi connectivity index (χ3n) is 4.60. The van der Waals surface area contributed by atoms with Gasteiger partial charge < -0.3 is 15.4 Å². The van der Waals surface area contributed by atoms with E-state index in [0.717, 1.165) is 24.6 Å². The molecule has 0 unspecified atom stereocenters. The Kier molecular flexibility index (Phi) is 7.60. The molecule has 3 aromatic rings. The van der Waals surface area contributed by atoms with Crippen LogP contribution < -0.4 is 10.6 Å². The molecule has 30 heavy (non-hydrogen) atoms. The third-order valence-corrected chi connectivity index (χ3v) is 4.60. The highest BCUT2D eigenvalue weighted by Crippen LogP contribution is 2.11. The molecule has 2 aromatic carbocycles. The second-order valence-corrected chi connectivity index (χ2v) is 6.71. The minimum atomic E-state index is -0.339. The van der Waals surface area contributed by atoms with Gasteiger partial charge in [-0.15, -0.1) is 0 Å². The highest BCUT2D eigenvalue weighted by molar-refractivity contribution is 5.89. The molecule has 0 spiro atoms. The predicted octanol–water partition coefficient (Wildman–Crippen LogP) is 2.97. The summed E-state index contributed by atoms with van der Waals surface area (Å²) in [6, 6.07) is 17.5. The van der Waals surface area contributed by atoms with Crippen LogP contribution in [0.4, 0.5) is 0 Å². The number of nitrogens with zero attached hydrogens (tertiary/aromatic N) is 3. The fraction of sp³-hybridized carbons (Fsp3) is 0.261. The Labute approximate surface area is 176 Å². The van der Waals surface area contributed by atoms with Crippen LogP contribution in [0, 0.1) is 0 Å². The Morgan fingerprint density at radius 1 is 1.07 bits per heavy atom. The second kappa shape index (κ2) is 10.8. The van der Waals surface area contributed by atoms with Crippen molar-refractivity contribution in [2.75, 3.05) is 13.7 Å². The predicted molar refractivity (Wildman–Crippen MR) is 117 cm³/mol. The first-order chi connectivity index (χ1) is 14.7. The fourth-order valence-corrected chi connectivity index (χ4v) is 3.01. The lowest BCUT2D eigenvalue weighted by atomic mass is 10.1. The Balaban J connectivity index is 1.64. The quantitative estimate of drug-likeness (QED) is 0.342. The van der Waals surface area contributed by atoms with E-state index in [2.05, 4.69) is 32.9 Å². The minimum Gasteiger partial charge on any atom is -0.465 e. The molecular weight excluding hydrogens is 378 g/mol. The molecule has 7 heteroatoms. The van der Waals surface area contributed by atoms with Gasteiger partial charge in [0.05, 0.1) is 25.8 Å². The number of carbonyl (C=O) groups is 1. The lowest BCUT2D eigenvalue weighted by molar-refractivity contribution is 0.0600. The van der Waals surface area contributed by atoms with Gasteiger partial charge in [0.15, 0.2) is 5.96 Å². The number of guanidine groups is 1. The zero-order chi connectivity index (χ0) is 21.2. The fourth-order valence-electron chi connectivity index (χ4n) is 3.01. The first kappa shape index (κ1) is 21.1. The van der Waals surface area contributed by atoms with Gasteiger partial charge in [0.25, 0.3) is 0 Å². The van der Waals surface area contributed by atoms with Crippen LogP contribution in [0.2, 0.25) is 0 Å². The Morgan fingerprint density at radius 3 is 2.50 bits per heavy atom. The van der Waals surface area contributed by atoms with Gasteiger partial charge in [-0.1, -0.05) is 36.4 Å². The zero-order valence-electron chi connectivity index (χ0n) is 17.3. The van der Waals surface area contributed by atoms with E-state index in [1.165, 1.54) is 18.2 Å². The van der Waals surface area contributed by atoms with E-state index in [9.17, 15) is 4.79 Å². The summed E-state index contributed by atoms with van der Waals surface area (Å²) in [5, 5.41) is 11.0. The second-order valence-electron chi connectivity index (χ2n) is 6.71. The van der Waals surface area contributed by atoms with Crippen molar-refractivity contribution >= 4 is 11.9 Å². The molecule has 0 amide bonds. The number of methoxy groups -OCH3 is 1. The highest BCUT2D eigenvalue weighted by Gasteiger charge is 2.06. The summed E-state index contributed by atoms with van der Waals surface area (Å²) in [4.78, 5) is 16.2. The maximum absolute atomic E-state index is 11.5. The molecule has 156 valence electrons. The van der Waals surface area contributed by atoms with E-state index in [-0.39, 0.29) is 5.97 Å². The SMILES string of the molecule is CCNC(=NCc1ccc(C(=O)OC)cc1)NCc1ccccc1Cn1cccn1. The number of aliphatic imine (C=N–C) groups is 1. The van der Waals surface area contributed by atoms with Gasteiger partial charge in [0.1, 0.15) is 0 Å². The van der Waals surface area contributed by atoms with E-state index >= 15 is 0 Å². The monoisotopic (exact) mass is 405 g/mol. The van der Waals surface area contributed by atoms with E-state index < -0.39 is 0 Å². The molecule has 0 atom stereocenters. The maximum Gasteiger partial charge on any atom is 0.337 e. The molecule has 1 heterocycles. The molecule has 0 aliphatic rings. The van der Waals surface area contributed by atoms with Crippen LogP contribution in [-0.2, 0) is 24.4 Å². The van der Waals surface area contributed by atoms with Gasteiger partial charge in [-0.25, -0.2) is 9.79 Å². The molecule has 0 radical (unpaired) electrons. The van der Waals surface area contributed by atoms with Crippen LogP contribution in [-0.4, -0.2) is 35.4 Å². The average Bonchev–Trinajstić information content (AvgIpc) is 3.29. The Bertz CT molecular complexity index is 966. The van der Waals surface area contributed by atoms with Crippen LogP contribution in [0.15, 0.2) is 72.0 Å². The summed E-state index contributed by atoms with van der Waals surface area (Å²) in [7, 11) is 1.38. The van der Waals surface area contributed by atoms with E-state index in [0.29, 0.717) is 18.7 Å². The van der Waals surface area contributed by atoms with Gasteiger partial charge in [0, 0.05) is 25.5 Å². The van der Waals surface area contributed by atoms with Crippen molar-refractivity contribution < 1.29 is 9.53 Å². The van der Waals surface area contributed by atoms with Gasteiger partial charge in [-0.3, -0.25) is 4.68 Å². The summed E-state index contributed by atoms with van der Waals surface area (Å²) in [5.74, 6) is 0.400. The van der Waals surface area contributed by atoms with Crippen molar-refractivity contribution in [2.45, 2.75) is 26.6 Å². The number of ether oxygens (including phenoxy) is 1. The van der Waals surface area contributed by atoms with Crippen molar-refractivity contribution in [1.29, 1.82) is 0 Å². The maximum atomic E-state index is 11.5. The van der Waals surface area contributed by atoms with Crippen LogP contribution >= 0.6 is 0 Å². The van der Waals surface area contributed by atoms with E-state index in [1.807, 2.05) is 48.1 Å². The number of rotatable bonds is 8. The van der Waals surface area contributed by atoms with Crippen molar-refractivity contribution in [2.24, 2.45) is 4.99 Å². The first-order valence-electron chi connectivity index (χ1n) is 9.93. The molecule has 3 rings (SSSR count). The molecule has 0 aliphatic heterocycles. The topological polar surface area (TPSA) is 80.5 Å². The third kappa shape index (κ3) is 5.94. The van der Waals surface area contributed by atoms with Crippen LogP contribution in [0.25, 0.3) is 0 Å². The van der Waals surface area contributed by atoms with Gasteiger partial charge in [-0.05, 0) is 41.8 Å². The molecule has 0 aliphatic carbocycles. The molecule has 0 bridgehead atoms. The van der Waals surface area contributed by atoms with E-state index in [4.69, 9.17) is 4.74 Å². The number of aromatic nitrogens is 2. The number of carbonyl (C=O) groups excluding carboxylic acids is 1. The molecule has 2 N–H and O–H groups in total. The largest absolute Gasteiger partial charge is 0.465 e. The lowest BCUT2D eigenvalue weighted by Gasteiger charge is -2.14. The van der Waals surface area contributed by atoms with Crippen molar-refractivity contribution in [3.8, 4) is 0 Å². The van der Waals surface area contributed by atoms with Gasteiger partial charge in [0.2, 0.25) is 0 Å². The van der Waals surface area contributed by atoms with Crippen molar-refractivity contribution in [1.82, 2.24) is 20.4 Å².